The van der Waals surface area contributed by atoms with Crippen molar-refractivity contribution in [2.75, 3.05) is 5.73 Å². The lowest BCUT2D eigenvalue weighted by molar-refractivity contribution is 0.268. The van der Waals surface area contributed by atoms with Crippen molar-refractivity contribution in [3.63, 3.8) is 0 Å². The number of nitrogens with zero attached hydrogens (tertiary/aromatic N) is 2. The lowest BCUT2D eigenvalue weighted by atomic mass is 9.87. The topological polar surface area (TPSA) is 43.8 Å². The predicted octanol–water partition coefficient (Wildman–Crippen LogP) is 3.51. The third-order valence-corrected chi connectivity index (χ3v) is 4.21. The second-order valence-electron chi connectivity index (χ2n) is 5.84. The van der Waals surface area contributed by atoms with E-state index < -0.39 is 0 Å². The SMILES string of the molecule is CC1(C)CCCC1n1c(N)nc2c(F)cccc21. The van der Waals surface area contributed by atoms with Crippen molar-refractivity contribution >= 4 is 17.0 Å². The summed E-state index contributed by atoms with van der Waals surface area (Å²) >= 11 is 0. The third-order valence-electron chi connectivity index (χ3n) is 4.21. The Balaban J connectivity index is 2.23. The summed E-state index contributed by atoms with van der Waals surface area (Å²) in [6.07, 6.45) is 3.44. The van der Waals surface area contributed by atoms with Gasteiger partial charge in [-0.05, 0) is 30.4 Å². The van der Waals surface area contributed by atoms with E-state index in [4.69, 9.17) is 5.73 Å². The van der Waals surface area contributed by atoms with E-state index in [1.165, 1.54) is 18.9 Å². The van der Waals surface area contributed by atoms with Crippen LogP contribution in [0.15, 0.2) is 18.2 Å². The van der Waals surface area contributed by atoms with Crippen molar-refractivity contribution in [1.29, 1.82) is 0 Å². The van der Waals surface area contributed by atoms with Crippen molar-refractivity contribution in [1.82, 2.24) is 9.55 Å². The van der Waals surface area contributed by atoms with Crippen molar-refractivity contribution in [2.45, 2.75) is 39.2 Å². The fraction of sp³-hybridized carbons (Fsp3) is 0.500. The minimum atomic E-state index is -0.297. The van der Waals surface area contributed by atoms with Gasteiger partial charge in [0.25, 0.3) is 0 Å². The van der Waals surface area contributed by atoms with E-state index in [0.29, 0.717) is 17.5 Å². The molecule has 3 rings (SSSR count). The zero-order chi connectivity index (χ0) is 12.9. The third kappa shape index (κ3) is 1.51. The van der Waals surface area contributed by atoms with E-state index in [0.717, 1.165) is 11.9 Å². The lowest BCUT2D eigenvalue weighted by Gasteiger charge is -2.29. The monoisotopic (exact) mass is 247 g/mol. The molecule has 1 fully saturated rings. The molecule has 3 nitrogen and oxygen atoms in total. The largest absolute Gasteiger partial charge is 0.369 e. The Labute approximate surface area is 106 Å². The van der Waals surface area contributed by atoms with Crippen LogP contribution in [0.4, 0.5) is 10.3 Å². The molecule has 1 aromatic heterocycles. The van der Waals surface area contributed by atoms with Gasteiger partial charge in [0.15, 0.2) is 5.82 Å². The van der Waals surface area contributed by atoms with E-state index in [2.05, 4.69) is 18.8 Å². The van der Waals surface area contributed by atoms with Gasteiger partial charge >= 0.3 is 0 Å². The molecule has 2 N–H and O–H groups in total. The molecule has 1 aliphatic carbocycles. The number of benzene rings is 1. The molecule has 0 saturated heterocycles. The molecule has 0 spiro atoms. The Morgan fingerprint density at radius 3 is 2.89 bits per heavy atom. The van der Waals surface area contributed by atoms with Gasteiger partial charge < -0.3 is 10.3 Å². The van der Waals surface area contributed by atoms with Gasteiger partial charge in [-0.1, -0.05) is 26.3 Å². The first-order valence-corrected chi connectivity index (χ1v) is 6.42. The number of hydrogen-bond acceptors (Lipinski definition) is 2. The van der Waals surface area contributed by atoms with Crippen LogP contribution in [0, 0.1) is 11.2 Å². The predicted molar refractivity (Wildman–Crippen MR) is 70.8 cm³/mol. The summed E-state index contributed by atoms with van der Waals surface area (Å²) in [6, 6.07) is 5.36. The van der Waals surface area contributed by atoms with E-state index in [1.54, 1.807) is 6.07 Å². The van der Waals surface area contributed by atoms with Crippen LogP contribution >= 0.6 is 0 Å². The van der Waals surface area contributed by atoms with Crippen LogP contribution in [0.1, 0.15) is 39.2 Å². The molecule has 1 aliphatic rings. The normalized spacial score (nSPS) is 22.7. The number of para-hydroxylation sites is 1. The van der Waals surface area contributed by atoms with E-state index in [1.807, 2.05) is 10.6 Å². The van der Waals surface area contributed by atoms with Crippen molar-refractivity contribution in [3.05, 3.63) is 24.0 Å². The van der Waals surface area contributed by atoms with Gasteiger partial charge in [-0.15, -0.1) is 0 Å². The first-order chi connectivity index (χ1) is 8.50. The Bertz CT molecular complexity index is 600. The lowest BCUT2D eigenvalue weighted by Crippen LogP contribution is -2.22. The van der Waals surface area contributed by atoms with Gasteiger partial charge in [-0.2, -0.15) is 0 Å². The molecule has 2 aromatic rings. The van der Waals surface area contributed by atoms with Gasteiger partial charge in [-0.3, -0.25) is 0 Å². The van der Waals surface area contributed by atoms with Crippen LogP contribution in [0.2, 0.25) is 0 Å². The van der Waals surface area contributed by atoms with Crippen LogP contribution in [0.5, 0.6) is 0 Å². The van der Waals surface area contributed by atoms with Gasteiger partial charge in [0, 0.05) is 6.04 Å². The summed E-state index contributed by atoms with van der Waals surface area (Å²) in [5, 5.41) is 0. The zero-order valence-electron chi connectivity index (χ0n) is 10.8. The summed E-state index contributed by atoms with van der Waals surface area (Å²) in [5.74, 6) is 0.129. The average molecular weight is 247 g/mol. The van der Waals surface area contributed by atoms with Crippen molar-refractivity contribution in [3.8, 4) is 0 Å². The summed E-state index contributed by atoms with van der Waals surface area (Å²) in [5.41, 5.74) is 7.40. The summed E-state index contributed by atoms with van der Waals surface area (Å²) in [4.78, 5) is 4.19. The minimum Gasteiger partial charge on any atom is -0.369 e. The molecule has 1 atom stereocenters. The van der Waals surface area contributed by atoms with Gasteiger partial charge in [0.1, 0.15) is 5.52 Å². The summed E-state index contributed by atoms with van der Waals surface area (Å²) in [7, 11) is 0. The molecule has 1 heterocycles. The number of halogens is 1. The van der Waals surface area contributed by atoms with Crippen molar-refractivity contribution < 1.29 is 4.39 Å². The molecule has 18 heavy (non-hydrogen) atoms. The molecular weight excluding hydrogens is 229 g/mol. The Hall–Kier alpha value is -1.58. The highest BCUT2D eigenvalue weighted by Crippen LogP contribution is 2.47. The van der Waals surface area contributed by atoms with Gasteiger partial charge in [0.05, 0.1) is 5.52 Å². The fourth-order valence-corrected chi connectivity index (χ4v) is 3.22. The molecular formula is C14H18FN3. The molecule has 0 bridgehead atoms. The Morgan fingerprint density at radius 2 is 2.22 bits per heavy atom. The van der Waals surface area contributed by atoms with Crippen LogP contribution < -0.4 is 5.73 Å². The maximum atomic E-state index is 13.7. The smallest absolute Gasteiger partial charge is 0.201 e. The maximum absolute atomic E-state index is 13.7. The standard InChI is InChI=1S/C14H18FN3/c1-14(2)8-4-7-11(14)18-10-6-3-5-9(15)12(10)17-13(18)16/h3,5-6,11H,4,7-8H2,1-2H3,(H2,16,17). The number of fused-ring (bicyclic) bond motifs is 1. The van der Waals surface area contributed by atoms with E-state index in [9.17, 15) is 4.39 Å². The van der Waals surface area contributed by atoms with E-state index in [-0.39, 0.29) is 11.2 Å². The fourth-order valence-electron chi connectivity index (χ4n) is 3.22. The van der Waals surface area contributed by atoms with Gasteiger partial charge in [0.2, 0.25) is 5.95 Å². The minimum absolute atomic E-state index is 0.189. The number of rotatable bonds is 1. The molecule has 1 aromatic carbocycles. The zero-order valence-corrected chi connectivity index (χ0v) is 10.8. The number of hydrogen-bond donors (Lipinski definition) is 1. The molecule has 0 radical (unpaired) electrons. The molecule has 0 amide bonds. The van der Waals surface area contributed by atoms with Crippen molar-refractivity contribution in [2.24, 2.45) is 5.41 Å². The molecule has 1 unspecified atom stereocenters. The summed E-state index contributed by atoms with van der Waals surface area (Å²) in [6.45, 7) is 4.49. The van der Waals surface area contributed by atoms with Crippen LogP contribution in [0.3, 0.4) is 0 Å². The highest BCUT2D eigenvalue weighted by molar-refractivity contribution is 5.79. The number of aromatic nitrogens is 2. The van der Waals surface area contributed by atoms with Gasteiger partial charge in [-0.25, -0.2) is 9.37 Å². The Kier molecular flexibility index (Phi) is 2.37. The van der Waals surface area contributed by atoms with E-state index >= 15 is 0 Å². The number of nitrogens with two attached hydrogens (primary N) is 1. The molecule has 96 valence electrons. The number of nitrogen functional groups attached to an aromatic ring is 1. The van der Waals surface area contributed by atoms with Crippen LogP contribution in [-0.2, 0) is 0 Å². The quantitative estimate of drug-likeness (QED) is 0.838. The Morgan fingerprint density at radius 1 is 1.44 bits per heavy atom. The maximum Gasteiger partial charge on any atom is 0.201 e. The first-order valence-electron chi connectivity index (χ1n) is 6.42. The highest BCUT2D eigenvalue weighted by atomic mass is 19.1. The molecule has 1 saturated carbocycles. The summed E-state index contributed by atoms with van der Waals surface area (Å²) < 4.78 is 15.7. The van der Waals surface area contributed by atoms with Crippen LogP contribution in [0.25, 0.3) is 11.0 Å². The molecule has 4 heteroatoms. The number of anilines is 1. The van der Waals surface area contributed by atoms with Crippen LogP contribution in [-0.4, -0.2) is 9.55 Å². The second kappa shape index (κ2) is 3.70. The molecule has 0 aliphatic heterocycles. The second-order valence-corrected chi connectivity index (χ2v) is 5.84. The average Bonchev–Trinajstić information content (AvgIpc) is 2.79. The number of imidazole rings is 1. The first kappa shape index (κ1) is 11.5. The highest BCUT2D eigenvalue weighted by Gasteiger charge is 2.37.